The fraction of sp³-hybridized carbons (Fsp3) is 0.273. The van der Waals surface area contributed by atoms with E-state index in [1.807, 2.05) is 40.6 Å². The van der Waals surface area contributed by atoms with Crippen LogP contribution in [0.3, 0.4) is 0 Å². The summed E-state index contributed by atoms with van der Waals surface area (Å²) in [4.78, 5) is 21.5. The SMILES string of the molecule is O=C(Cc1ccccc1)N1CCN(Cc2nc(-c3ccc(F)cc3)cs2)CC1. The van der Waals surface area contributed by atoms with E-state index in [1.165, 1.54) is 12.1 Å². The molecule has 0 spiro atoms. The molecule has 0 bridgehead atoms. The van der Waals surface area contributed by atoms with Gasteiger partial charge in [-0.25, -0.2) is 9.37 Å². The van der Waals surface area contributed by atoms with Gasteiger partial charge < -0.3 is 4.90 Å². The van der Waals surface area contributed by atoms with Gasteiger partial charge in [-0.15, -0.1) is 11.3 Å². The molecule has 1 amide bonds. The lowest BCUT2D eigenvalue weighted by Crippen LogP contribution is -2.48. The molecule has 4 nitrogen and oxygen atoms in total. The average molecular weight is 396 g/mol. The van der Waals surface area contributed by atoms with Gasteiger partial charge in [0.1, 0.15) is 10.8 Å². The predicted molar refractivity (Wildman–Crippen MR) is 110 cm³/mol. The minimum absolute atomic E-state index is 0.193. The first-order valence-electron chi connectivity index (χ1n) is 9.42. The molecule has 144 valence electrons. The molecule has 1 aliphatic heterocycles. The van der Waals surface area contributed by atoms with Gasteiger partial charge in [0.05, 0.1) is 18.7 Å². The van der Waals surface area contributed by atoms with Crippen LogP contribution in [0, 0.1) is 5.82 Å². The Morgan fingerprint density at radius 3 is 2.43 bits per heavy atom. The lowest BCUT2D eigenvalue weighted by atomic mass is 10.1. The van der Waals surface area contributed by atoms with E-state index in [9.17, 15) is 9.18 Å². The Morgan fingerprint density at radius 1 is 1.00 bits per heavy atom. The second-order valence-corrected chi connectivity index (χ2v) is 7.90. The van der Waals surface area contributed by atoms with Crippen LogP contribution in [0.1, 0.15) is 10.6 Å². The number of hydrogen-bond acceptors (Lipinski definition) is 4. The van der Waals surface area contributed by atoms with E-state index >= 15 is 0 Å². The summed E-state index contributed by atoms with van der Waals surface area (Å²) in [5.74, 6) is -0.0439. The molecule has 0 unspecified atom stereocenters. The number of aromatic nitrogens is 1. The highest BCUT2D eigenvalue weighted by atomic mass is 32.1. The summed E-state index contributed by atoms with van der Waals surface area (Å²) < 4.78 is 13.1. The van der Waals surface area contributed by atoms with Gasteiger partial charge in [-0.1, -0.05) is 30.3 Å². The first-order valence-corrected chi connectivity index (χ1v) is 10.3. The number of amides is 1. The van der Waals surface area contributed by atoms with Crippen molar-refractivity contribution in [3.63, 3.8) is 0 Å². The van der Waals surface area contributed by atoms with Crippen molar-refractivity contribution in [1.29, 1.82) is 0 Å². The number of hydrogen-bond donors (Lipinski definition) is 0. The maximum atomic E-state index is 13.1. The molecule has 2 aromatic carbocycles. The number of halogens is 1. The molecule has 1 fully saturated rings. The number of rotatable bonds is 5. The fourth-order valence-corrected chi connectivity index (χ4v) is 4.21. The molecule has 0 N–H and O–H groups in total. The minimum Gasteiger partial charge on any atom is -0.340 e. The smallest absolute Gasteiger partial charge is 0.227 e. The molecular formula is C22H22FN3OS. The molecule has 28 heavy (non-hydrogen) atoms. The van der Waals surface area contributed by atoms with Gasteiger partial charge >= 0.3 is 0 Å². The molecule has 0 atom stereocenters. The Bertz CT molecular complexity index is 918. The van der Waals surface area contributed by atoms with Gasteiger partial charge in [0, 0.05) is 37.1 Å². The fourth-order valence-electron chi connectivity index (χ4n) is 3.37. The van der Waals surface area contributed by atoms with Crippen molar-refractivity contribution in [2.45, 2.75) is 13.0 Å². The maximum absolute atomic E-state index is 13.1. The summed E-state index contributed by atoms with van der Waals surface area (Å²) in [5.41, 5.74) is 2.88. The van der Waals surface area contributed by atoms with Crippen molar-refractivity contribution in [2.24, 2.45) is 0 Å². The number of nitrogens with zero attached hydrogens (tertiary/aromatic N) is 3. The number of carbonyl (C=O) groups is 1. The van der Waals surface area contributed by atoms with Crippen molar-refractivity contribution < 1.29 is 9.18 Å². The second kappa shape index (κ2) is 8.63. The van der Waals surface area contributed by atoms with E-state index in [4.69, 9.17) is 0 Å². The molecule has 2 heterocycles. The molecule has 4 rings (SSSR count). The van der Waals surface area contributed by atoms with E-state index in [-0.39, 0.29) is 11.7 Å². The van der Waals surface area contributed by atoms with Crippen molar-refractivity contribution in [1.82, 2.24) is 14.8 Å². The zero-order chi connectivity index (χ0) is 19.3. The highest BCUT2D eigenvalue weighted by Gasteiger charge is 2.22. The van der Waals surface area contributed by atoms with Gasteiger partial charge in [0.15, 0.2) is 0 Å². The van der Waals surface area contributed by atoms with Crippen molar-refractivity contribution >= 4 is 17.2 Å². The van der Waals surface area contributed by atoms with Crippen LogP contribution in [0.2, 0.25) is 0 Å². The molecule has 3 aromatic rings. The molecular weight excluding hydrogens is 373 g/mol. The molecule has 1 aromatic heterocycles. The van der Waals surface area contributed by atoms with Gasteiger partial charge in [-0.2, -0.15) is 0 Å². The molecule has 0 aliphatic carbocycles. The van der Waals surface area contributed by atoms with E-state index < -0.39 is 0 Å². The Balaban J connectivity index is 1.29. The lowest BCUT2D eigenvalue weighted by molar-refractivity contribution is -0.132. The van der Waals surface area contributed by atoms with Crippen LogP contribution in [0.5, 0.6) is 0 Å². The molecule has 0 radical (unpaired) electrons. The van der Waals surface area contributed by atoms with E-state index in [2.05, 4.69) is 9.88 Å². The molecule has 6 heteroatoms. The quantitative estimate of drug-likeness (QED) is 0.659. The Labute approximate surface area is 168 Å². The zero-order valence-corrected chi connectivity index (χ0v) is 16.4. The van der Waals surface area contributed by atoms with Crippen LogP contribution in [-0.2, 0) is 17.8 Å². The van der Waals surface area contributed by atoms with E-state index in [0.29, 0.717) is 6.42 Å². The van der Waals surface area contributed by atoms with Crippen LogP contribution >= 0.6 is 11.3 Å². The van der Waals surface area contributed by atoms with Crippen molar-refractivity contribution in [3.8, 4) is 11.3 Å². The maximum Gasteiger partial charge on any atom is 0.227 e. The number of carbonyl (C=O) groups excluding carboxylic acids is 1. The normalized spacial score (nSPS) is 15.0. The third-order valence-corrected chi connectivity index (χ3v) is 5.81. The summed E-state index contributed by atoms with van der Waals surface area (Å²) in [7, 11) is 0. The Kier molecular flexibility index (Phi) is 5.78. The van der Waals surface area contributed by atoms with Crippen LogP contribution in [0.25, 0.3) is 11.3 Å². The largest absolute Gasteiger partial charge is 0.340 e. The predicted octanol–water partition coefficient (Wildman–Crippen LogP) is 3.84. The first-order chi connectivity index (χ1) is 13.7. The van der Waals surface area contributed by atoms with Crippen LogP contribution < -0.4 is 0 Å². The molecule has 0 saturated carbocycles. The standard InChI is InChI=1S/C22H22FN3OS/c23-19-8-6-18(7-9-19)20-16-28-21(24-20)15-25-10-12-26(13-11-25)22(27)14-17-4-2-1-3-5-17/h1-9,16H,10-15H2. The van der Waals surface area contributed by atoms with Crippen molar-refractivity contribution in [3.05, 3.63) is 76.4 Å². The van der Waals surface area contributed by atoms with Crippen LogP contribution in [0.15, 0.2) is 60.0 Å². The zero-order valence-electron chi connectivity index (χ0n) is 15.6. The monoisotopic (exact) mass is 395 g/mol. The van der Waals surface area contributed by atoms with Gasteiger partial charge in [-0.05, 0) is 29.8 Å². The van der Waals surface area contributed by atoms with Gasteiger partial charge in [0.2, 0.25) is 5.91 Å². The lowest BCUT2D eigenvalue weighted by Gasteiger charge is -2.34. The molecule has 1 saturated heterocycles. The van der Waals surface area contributed by atoms with E-state index in [0.717, 1.165) is 54.6 Å². The summed E-state index contributed by atoms with van der Waals surface area (Å²) in [6.07, 6.45) is 0.467. The Hall–Kier alpha value is -2.57. The highest BCUT2D eigenvalue weighted by Crippen LogP contribution is 2.23. The number of thiazole rings is 1. The summed E-state index contributed by atoms with van der Waals surface area (Å²) in [6.45, 7) is 3.99. The van der Waals surface area contributed by atoms with Crippen LogP contribution in [-0.4, -0.2) is 46.9 Å². The van der Waals surface area contributed by atoms with Gasteiger partial charge in [0.25, 0.3) is 0 Å². The minimum atomic E-state index is -0.237. The van der Waals surface area contributed by atoms with Crippen LogP contribution in [0.4, 0.5) is 4.39 Å². The second-order valence-electron chi connectivity index (χ2n) is 6.95. The third kappa shape index (κ3) is 4.64. The summed E-state index contributed by atoms with van der Waals surface area (Å²) in [5, 5.41) is 3.06. The number of benzene rings is 2. The average Bonchev–Trinajstić information content (AvgIpc) is 3.18. The third-order valence-electron chi connectivity index (χ3n) is 4.97. The first kappa shape index (κ1) is 18.8. The summed E-state index contributed by atoms with van der Waals surface area (Å²) in [6, 6.07) is 16.3. The van der Waals surface area contributed by atoms with E-state index in [1.54, 1.807) is 23.5 Å². The van der Waals surface area contributed by atoms with Gasteiger partial charge in [-0.3, -0.25) is 9.69 Å². The topological polar surface area (TPSA) is 36.4 Å². The highest BCUT2D eigenvalue weighted by molar-refractivity contribution is 7.09. The molecule has 1 aliphatic rings. The number of piperazine rings is 1. The van der Waals surface area contributed by atoms with Crippen molar-refractivity contribution in [2.75, 3.05) is 26.2 Å². The summed E-state index contributed by atoms with van der Waals surface area (Å²) >= 11 is 1.62. The Morgan fingerprint density at radius 2 is 1.71 bits per heavy atom.